The lowest BCUT2D eigenvalue weighted by molar-refractivity contribution is 0.581. The smallest absolute Gasteiger partial charge is 0.240 e. The number of hydrogen-bond donors (Lipinski definition) is 3. The fourth-order valence-electron chi connectivity index (χ4n) is 1.51. The molecule has 0 saturated heterocycles. The summed E-state index contributed by atoms with van der Waals surface area (Å²) in [7, 11) is -3.41. The van der Waals surface area contributed by atoms with Gasteiger partial charge >= 0.3 is 0 Å². The number of rotatable bonds is 7. The van der Waals surface area contributed by atoms with Crippen molar-refractivity contribution in [3.05, 3.63) is 30.1 Å². The van der Waals surface area contributed by atoms with E-state index < -0.39 is 10.0 Å². The Hall–Kier alpha value is -2.00. The van der Waals surface area contributed by atoms with Gasteiger partial charge in [-0.05, 0) is 30.7 Å². The molecule has 0 saturated carbocycles. The zero-order valence-corrected chi connectivity index (χ0v) is 11.8. The molecule has 2 rings (SSSR count). The van der Waals surface area contributed by atoms with Gasteiger partial charge in [-0.15, -0.1) is 10.2 Å². The SMILES string of the molecule is CCCNS(=O)(=O)c1ccc(NCc2nn[nH]n2)cc1. The van der Waals surface area contributed by atoms with Gasteiger partial charge in [0.2, 0.25) is 10.0 Å². The second kappa shape index (κ2) is 6.44. The molecule has 3 N–H and O–H groups in total. The Kier molecular flexibility index (Phi) is 4.64. The van der Waals surface area contributed by atoms with E-state index in [-0.39, 0.29) is 4.90 Å². The molecule has 1 aromatic heterocycles. The molecular weight excluding hydrogens is 280 g/mol. The highest BCUT2D eigenvalue weighted by atomic mass is 32.2. The van der Waals surface area contributed by atoms with Crippen LogP contribution >= 0.6 is 0 Å². The second-order valence-electron chi connectivity index (χ2n) is 4.10. The summed E-state index contributed by atoms with van der Waals surface area (Å²) in [4.78, 5) is 0.246. The summed E-state index contributed by atoms with van der Waals surface area (Å²) in [6, 6.07) is 6.49. The second-order valence-corrected chi connectivity index (χ2v) is 5.87. The van der Waals surface area contributed by atoms with Crippen molar-refractivity contribution < 1.29 is 8.42 Å². The summed E-state index contributed by atoms with van der Waals surface area (Å²) in [5.41, 5.74) is 0.782. The highest BCUT2D eigenvalue weighted by Gasteiger charge is 2.12. The summed E-state index contributed by atoms with van der Waals surface area (Å²) in [6.45, 7) is 2.75. The average Bonchev–Trinajstić information content (AvgIpc) is 2.97. The molecule has 0 radical (unpaired) electrons. The van der Waals surface area contributed by atoms with Gasteiger partial charge in [0, 0.05) is 12.2 Å². The first-order valence-electron chi connectivity index (χ1n) is 6.18. The molecule has 20 heavy (non-hydrogen) atoms. The number of aromatic nitrogens is 4. The maximum Gasteiger partial charge on any atom is 0.240 e. The van der Waals surface area contributed by atoms with E-state index in [0.717, 1.165) is 12.1 Å². The maximum absolute atomic E-state index is 11.9. The van der Waals surface area contributed by atoms with Gasteiger partial charge in [-0.25, -0.2) is 13.1 Å². The van der Waals surface area contributed by atoms with Gasteiger partial charge in [0.15, 0.2) is 5.82 Å². The Morgan fingerprint density at radius 2 is 2.00 bits per heavy atom. The monoisotopic (exact) mass is 296 g/mol. The predicted octanol–water partition coefficient (Wildman–Crippen LogP) is 0.500. The molecule has 0 fully saturated rings. The summed E-state index contributed by atoms with van der Waals surface area (Å²) < 4.78 is 26.3. The Bertz CT molecular complexity index is 623. The van der Waals surface area contributed by atoms with Gasteiger partial charge < -0.3 is 5.32 Å². The van der Waals surface area contributed by atoms with Gasteiger partial charge in [-0.2, -0.15) is 5.21 Å². The number of aromatic amines is 1. The molecule has 0 bridgehead atoms. The Balaban J connectivity index is 1.99. The van der Waals surface area contributed by atoms with Crippen molar-refractivity contribution >= 4 is 15.7 Å². The van der Waals surface area contributed by atoms with Gasteiger partial charge in [0.05, 0.1) is 11.4 Å². The third-order valence-electron chi connectivity index (χ3n) is 2.55. The van der Waals surface area contributed by atoms with Crippen molar-refractivity contribution in [1.82, 2.24) is 25.3 Å². The largest absolute Gasteiger partial charge is 0.378 e. The van der Waals surface area contributed by atoms with Crippen LogP contribution in [-0.2, 0) is 16.6 Å². The molecule has 0 unspecified atom stereocenters. The maximum atomic E-state index is 11.9. The highest BCUT2D eigenvalue weighted by molar-refractivity contribution is 7.89. The van der Waals surface area contributed by atoms with E-state index in [0.29, 0.717) is 18.9 Å². The van der Waals surface area contributed by atoms with Crippen LogP contribution in [0.4, 0.5) is 5.69 Å². The molecule has 0 atom stereocenters. The molecule has 0 aliphatic rings. The van der Waals surface area contributed by atoms with Gasteiger partial charge in [0.25, 0.3) is 0 Å². The molecule has 9 heteroatoms. The standard InChI is InChI=1S/C11H16N6O2S/c1-2-7-13-20(18,19)10-5-3-9(4-6-10)12-8-11-14-16-17-15-11/h3-6,12-13H,2,7-8H2,1H3,(H,14,15,16,17). The van der Waals surface area contributed by atoms with Gasteiger partial charge in [-0.3, -0.25) is 0 Å². The van der Waals surface area contributed by atoms with E-state index in [4.69, 9.17) is 0 Å². The molecule has 0 aliphatic carbocycles. The van der Waals surface area contributed by atoms with Gasteiger partial charge in [0.1, 0.15) is 0 Å². The lowest BCUT2D eigenvalue weighted by Crippen LogP contribution is -2.24. The van der Waals surface area contributed by atoms with E-state index >= 15 is 0 Å². The summed E-state index contributed by atoms with van der Waals surface area (Å²) in [6.07, 6.45) is 0.754. The third kappa shape index (κ3) is 3.75. The van der Waals surface area contributed by atoms with E-state index in [1.807, 2.05) is 6.92 Å². The minimum atomic E-state index is -3.41. The van der Waals surface area contributed by atoms with E-state index in [1.54, 1.807) is 24.3 Å². The molecule has 0 spiro atoms. The number of nitrogens with one attached hydrogen (secondary N) is 3. The van der Waals surface area contributed by atoms with Crippen molar-refractivity contribution in [2.75, 3.05) is 11.9 Å². The molecule has 1 aromatic carbocycles. The first kappa shape index (κ1) is 14.4. The van der Waals surface area contributed by atoms with Crippen LogP contribution < -0.4 is 10.0 Å². The Morgan fingerprint density at radius 3 is 2.60 bits per heavy atom. The lowest BCUT2D eigenvalue weighted by atomic mass is 10.3. The molecule has 0 aliphatic heterocycles. The summed E-state index contributed by atoms with van der Waals surface area (Å²) >= 11 is 0. The van der Waals surface area contributed by atoms with Crippen LogP contribution in [0.3, 0.4) is 0 Å². The van der Waals surface area contributed by atoms with Crippen molar-refractivity contribution in [2.24, 2.45) is 0 Å². The summed E-state index contributed by atoms with van der Waals surface area (Å²) in [5.74, 6) is 0.534. The zero-order valence-electron chi connectivity index (χ0n) is 11.0. The molecule has 108 valence electrons. The van der Waals surface area contributed by atoms with Crippen molar-refractivity contribution in [3.8, 4) is 0 Å². The quantitative estimate of drug-likeness (QED) is 0.686. The minimum absolute atomic E-state index is 0.246. The van der Waals surface area contributed by atoms with E-state index in [2.05, 4.69) is 30.7 Å². The lowest BCUT2D eigenvalue weighted by Gasteiger charge is -2.07. The van der Waals surface area contributed by atoms with Crippen LogP contribution in [-0.4, -0.2) is 35.6 Å². The minimum Gasteiger partial charge on any atom is -0.378 e. The Labute approximate surface area is 117 Å². The van der Waals surface area contributed by atoms with Crippen LogP contribution in [0.2, 0.25) is 0 Å². The van der Waals surface area contributed by atoms with Crippen molar-refractivity contribution in [3.63, 3.8) is 0 Å². The van der Waals surface area contributed by atoms with E-state index in [1.165, 1.54) is 0 Å². The van der Waals surface area contributed by atoms with Crippen molar-refractivity contribution in [1.29, 1.82) is 0 Å². The number of nitrogens with zero attached hydrogens (tertiary/aromatic N) is 3. The number of hydrogen-bond acceptors (Lipinski definition) is 6. The number of benzene rings is 1. The van der Waals surface area contributed by atoms with Gasteiger partial charge in [-0.1, -0.05) is 12.1 Å². The number of tetrazole rings is 1. The van der Waals surface area contributed by atoms with Crippen LogP contribution in [0.25, 0.3) is 0 Å². The van der Waals surface area contributed by atoms with Crippen LogP contribution in [0.15, 0.2) is 29.2 Å². The number of anilines is 1. The van der Waals surface area contributed by atoms with Crippen LogP contribution in [0.1, 0.15) is 19.2 Å². The number of sulfonamides is 1. The molecule has 1 heterocycles. The summed E-state index contributed by atoms with van der Waals surface area (Å²) in [5, 5.41) is 16.5. The molecular formula is C11H16N6O2S. The van der Waals surface area contributed by atoms with Crippen molar-refractivity contribution in [2.45, 2.75) is 24.8 Å². The highest BCUT2D eigenvalue weighted by Crippen LogP contribution is 2.14. The van der Waals surface area contributed by atoms with Crippen LogP contribution in [0, 0.1) is 0 Å². The average molecular weight is 296 g/mol. The first-order valence-corrected chi connectivity index (χ1v) is 7.66. The topological polar surface area (TPSA) is 113 Å². The fraction of sp³-hybridized carbons (Fsp3) is 0.364. The zero-order chi connectivity index (χ0) is 14.4. The molecule has 8 nitrogen and oxygen atoms in total. The molecule has 0 amide bonds. The van der Waals surface area contributed by atoms with Crippen LogP contribution in [0.5, 0.6) is 0 Å². The number of H-pyrrole nitrogens is 1. The molecule has 2 aromatic rings. The first-order chi connectivity index (χ1) is 9.62. The Morgan fingerprint density at radius 1 is 1.25 bits per heavy atom. The predicted molar refractivity (Wildman–Crippen MR) is 73.4 cm³/mol. The third-order valence-corrected chi connectivity index (χ3v) is 4.02. The fourth-order valence-corrected chi connectivity index (χ4v) is 2.64. The normalized spacial score (nSPS) is 11.4. The van der Waals surface area contributed by atoms with E-state index in [9.17, 15) is 8.42 Å².